The van der Waals surface area contributed by atoms with E-state index in [4.69, 9.17) is 9.72 Å². The van der Waals surface area contributed by atoms with E-state index in [-0.39, 0.29) is 45.5 Å². The second-order valence-corrected chi connectivity index (χ2v) is 11.7. The van der Waals surface area contributed by atoms with Gasteiger partial charge in [0, 0.05) is 42.3 Å². The molecule has 4 aliphatic heterocycles. The number of aromatic nitrogens is 3. The lowest BCUT2D eigenvalue weighted by atomic mass is 9.95. The highest BCUT2D eigenvalue weighted by Gasteiger charge is 2.45. The molecule has 2 bridgehead atoms. The predicted molar refractivity (Wildman–Crippen MR) is 148 cm³/mol. The maximum absolute atomic E-state index is 16.5. The van der Waals surface area contributed by atoms with Gasteiger partial charge in [0.05, 0.1) is 10.9 Å². The number of hydrogen-bond donors (Lipinski definition) is 2. The molecule has 4 aliphatic rings. The molecule has 10 heteroatoms. The quantitative estimate of drug-likeness (QED) is 0.383. The number of phenols is 1. The van der Waals surface area contributed by atoms with Crippen LogP contribution in [0.15, 0.2) is 36.5 Å². The van der Waals surface area contributed by atoms with Crippen molar-refractivity contribution >= 4 is 27.5 Å². The molecule has 8 nitrogen and oxygen atoms in total. The van der Waals surface area contributed by atoms with Crippen LogP contribution in [0.5, 0.6) is 11.8 Å². The first-order valence-corrected chi connectivity index (χ1v) is 14.1. The van der Waals surface area contributed by atoms with Crippen LogP contribution in [0.3, 0.4) is 0 Å². The van der Waals surface area contributed by atoms with Crippen LogP contribution in [-0.2, 0) is 0 Å². The molecule has 6 heterocycles. The smallest absolute Gasteiger partial charge is 0.319 e. The third-order valence-electron chi connectivity index (χ3n) is 9.42. The molecule has 2 N–H and O–H groups in total. The summed E-state index contributed by atoms with van der Waals surface area (Å²) in [5.41, 5.74) is 0.177. The number of phenolic OH excluding ortho intramolecular Hbond substituents is 1. The number of hydrogen-bond acceptors (Lipinski definition) is 8. The van der Waals surface area contributed by atoms with E-state index in [1.165, 1.54) is 18.2 Å². The second-order valence-electron chi connectivity index (χ2n) is 11.7. The van der Waals surface area contributed by atoms with Gasteiger partial charge in [0.25, 0.3) is 0 Å². The lowest BCUT2D eigenvalue weighted by Crippen LogP contribution is -2.44. The molecule has 4 fully saturated rings. The van der Waals surface area contributed by atoms with Crippen LogP contribution in [-0.4, -0.2) is 75.4 Å². The summed E-state index contributed by atoms with van der Waals surface area (Å²) >= 11 is 0. The topological polar surface area (TPSA) is 86.6 Å². The zero-order valence-electron chi connectivity index (χ0n) is 22.0. The van der Waals surface area contributed by atoms with E-state index in [9.17, 15) is 9.50 Å². The van der Waals surface area contributed by atoms with E-state index < -0.39 is 11.6 Å². The van der Waals surface area contributed by atoms with Crippen molar-refractivity contribution in [1.29, 1.82) is 0 Å². The van der Waals surface area contributed by atoms with Crippen molar-refractivity contribution in [3.05, 3.63) is 48.2 Å². The van der Waals surface area contributed by atoms with Gasteiger partial charge >= 0.3 is 6.01 Å². The van der Waals surface area contributed by atoms with E-state index >= 15 is 4.39 Å². The fourth-order valence-electron chi connectivity index (χ4n) is 7.53. The van der Waals surface area contributed by atoms with Gasteiger partial charge in [-0.2, -0.15) is 9.97 Å². The molecule has 2 aromatic heterocycles. The molecule has 206 valence electrons. The van der Waals surface area contributed by atoms with E-state index in [0.29, 0.717) is 29.2 Å². The van der Waals surface area contributed by atoms with Gasteiger partial charge < -0.3 is 20.1 Å². The van der Waals surface area contributed by atoms with Crippen LogP contribution in [0.2, 0.25) is 0 Å². The van der Waals surface area contributed by atoms with Gasteiger partial charge in [-0.15, -0.1) is 0 Å². The van der Waals surface area contributed by atoms with Gasteiger partial charge in [-0.1, -0.05) is 12.1 Å². The number of nitrogens with one attached hydrogen (secondary N) is 1. The number of benzene rings is 2. The molecule has 0 aliphatic carbocycles. The first-order chi connectivity index (χ1) is 19.5. The first kappa shape index (κ1) is 24.2. The number of nitrogens with zero attached hydrogens (tertiary/aromatic N) is 5. The highest BCUT2D eigenvalue weighted by atomic mass is 19.1. The summed E-state index contributed by atoms with van der Waals surface area (Å²) in [5.74, 6) is -0.686. The fourth-order valence-corrected chi connectivity index (χ4v) is 7.53. The summed E-state index contributed by atoms with van der Waals surface area (Å²) in [6.07, 6.45) is 7.02. The van der Waals surface area contributed by atoms with Crippen molar-refractivity contribution in [1.82, 2.24) is 25.2 Å². The minimum Gasteiger partial charge on any atom is -0.508 e. The molecule has 2 aromatic carbocycles. The average Bonchev–Trinajstić information content (AvgIpc) is 3.73. The summed E-state index contributed by atoms with van der Waals surface area (Å²) in [5, 5.41) is 15.0. The summed E-state index contributed by atoms with van der Waals surface area (Å²) in [4.78, 5) is 18.6. The summed E-state index contributed by atoms with van der Waals surface area (Å²) in [7, 11) is 0. The van der Waals surface area contributed by atoms with Crippen LogP contribution in [0.25, 0.3) is 32.9 Å². The van der Waals surface area contributed by atoms with Crippen molar-refractivity contribution < 1.29 is 18.6 Å². The molecular weight excluding hydrogens is 514 g/mol. The molecule has 0 unspecified atom stereocenters. The van der Waals surface area contributed by atoms with Gasteiger partial charge in [0.1, 0.15) is 35.2 Å². The Labute approximate surface area is 230 Å². The summed E-state index contributed by atoms with van der Waals surface area (Å²) in [6, 6.07) is 8.12. The van der Waals surface area contributed by atoms with Gasteiger partial charge in [-0.05, 0) is 68.8 Å². The number of piperazine rings is 1. The molecule has 0 amide bonds. The second kappa shape index (κ2) is 8.94. The predicted octanol–water partition coefficient (Wildman–Crippen LogP) is 4.39. The van der Waals surface area contributed by atoms with Gasteiger partial charge in [-0.3, -0.25) is 9.88 Å². The Morgan fingerprint density at radius 1 is 1.12 bits per heavy atom. The van der Waals surface area contributed by atoms with Gasteiger partial charge in [-0.25, -0.2) is 8.78 Å². The number of ether oxygens (including phenoxy) is 1. The number of fused-ring (bicyclic) bond motifs is 5. The Morgan fingerprint density at radius 3 is 2.75 bits per heavy atom. The van der Waals surface area contributed by atoms with Crippen LogP contribution >= 0.6 is 0 Å². The zero-order valence-corrected chi connectivity index (χ0v) is 22.0. The highest BCUT2D eigenvalue weighted by molar-refractivity contribution is 6.00. The van der Waals surface area contributed by atoms with Crippen molar-refractivity contribution in [2.75, 3.05) is 37.7 Å². The lowest BCUT2D eigenvalue weighted by molar-refractivity contribution is 0.108. The number of rotatable bonds is 5. The van der Waals surface area contributed by atoms with E-state index in [2.05, 4.69) is 25.1 Å². The molecule has 4 saturated heterocycles. The van der Waals surface area contributed by atoms with E-state index in [1.807, 2.05) is 0 Å². The Bertz CT molecular complexity index is 1660. The average molecular weight is 545 g/mol. The maximum atomic E-state index is 16.5. The van der Waals surface area contributed by atoms with E-state index in [1.54, 1.807) is 18.3 Å². The summed E-state index contributed by atoms with van der Waals surface area (Å²) < 4.78 is 37.8. The van der Waals surface area contributed by atoms with Crippen LogP contribution < -0.4 is 15.0 Å². The third kappa shape index (κ3) is 3.65. The van der Waals surface area contributed by atoms with Crippen LogP contribution in [0.1, 0.15) is 32.1 Å². The Balaban J connectivity index is 1.27. The Kier molecular flexibility index (Phi) is 5.41. The minimum absolute atomic E-state index is 0.00489. The molecule has 0 radical (unpaired) electrons. The Hall–Kier alpha value is -3.63. The van der Waals surface area contributed by atoms with Crippen molar-refractivity contribution in [3.8, 4) is 23.0 Å². The van der Waals surface area contributed by atoms with Crippen LogP contribution in [0, 0.1) is 11.6 Å². The van der Waals surface area contributed by atoms with Crippen LogP contribution in [0.4, 0.5) is 14.6 Å². The van der Waals surface area contributed by atoms with E-state index in [0.717, 1.165) is 58.3 Å². The molecule has 0 spiro atoms. The summed E-state index contributed by atoms with van der Waals surface area (Å²) in [6.45, 7) is 4.23. The van der Waals surface area contributed by atoms with Crippen molar-refractivity contribution in [3.63, 3.8) is 0 Å². The number of pyridine rings is 1. The standard InChI is InChI=1S/C30H30F2N6O2/c31-23-5-1-4-17-10-20(39)12-21(24(17)23)26-25(32)27-22(14-34-26)28(38-15-18-11-19(38)13-33-18)36-29(35-27)40-16-30-6-2-8-37(30)9-3-7-30/h1,4-5,10,12,14,18-19,33,39H,2-3,6-9,11,13,15-16H2/t18-,19-/m1/s1. The van der Waals surface area contributed by atoms with Crippen molar-refractivity contribution in [2.24, 2.45) is 0 Å². The normalized spacial score (nSPS) is 23.5. The first-order valence-electron chi connectivity index (χ1n) is 14.1. The number of halogens is 2. The third-order valence-corrected chi connectivity index (χ3v) is 9.42. The SMILES string of the molecule is Oc1cc(-c2ncc3c(N4C[C@H]5C[C@@H]4CN5)nc(OCC45CCCN4CCC5)nc3c2F)c2c(F)cccc2c1. The molecule has 0 saturated carbocycles. The zero-order chi connectivity index (χ0) is 27.0. The van der Waals surface area contributed by atoms with Gasteiger partial charge in [0.2, 0.25) is 0 Å². The number of anilines is 1. The molecule has 40 heavy (non-hydrogen) atoms. The molecule has 2 atom stereocenters. The van der Waals surface area contributed by atoms with Gasteiger partial charge in [0.15, 0.2) is 5.82 Å². The van der Waals surface area contributed by atoms with Crippen molar-refractivity contribution in [2.45, 2.75) is 49.7 Å². The fraction of sp³-hybridized carbons (Fsp3) is 0.433. The number of aromatic hydroxyl groups is 1. The highest BCUT2D eigenvalue weighted by Crippen LogP contribution is 2.41. The maximum Gasteiger partial charge on any atom is 0.319 e. The largest absolute Gasteiger partial charge is 0.508 e. The molecule has 8 rings (SSSR count). The molecule has 4 aromatic rings. The Morgan fingerprint density at radius 2 is 1.98 bits per heavy atom. The monoisotopic (exact) mass is 544 g/mol. The lowest BCUT2D eigenvalue weighted by Gasteiger charge is -2.32. The molecular formula is C30H30F2N6O2. The minimum atomic E-state index is -0.690.